The smallest absolute Gasteiger partial charge is 0.337 e. The summed E-state index contributed by atoms with van der Waals surface area (Å²) < 4.78 is 10.7. The van der Waals surface area contributed by atoms with Crippen LogP contribution in [0.15, 0.2) is 66.7 Å². The topological polar surface area (TPSA) is 73.3 Å². The molecule has 29 heteroatoms. The van der Waals surface area contributed by atoms with Gasteiger partial charge >= 0.3 is 5.97 Å². The van der Waals surface area contributed by atoms with Crippen LogP contribution in [0.25, 0.3) is 10.6 Å². The number of rotatable bonds is 6. The number of esters is 1. The van der Waals surface area contributed by atoms with E-state index in [1.165, 1.54) is 47.3 Å². The lowest BCUT2D eigenvalue weighted by Gasteiger charge is -2.08. The lowest BCUT2D eigenvalue weighted by atomic mass is 10.1. The summed E-state index contributed by atoms with van der Waals surface area (Å²) in [5, 5.41) is 13.4. The van der Waals surface area contributed by atoms with Crippen molar-refractivity contribution in [1.82, 2.24) is 10.2 Å². The lowest BCUT2D eigenvalue weighted by Crippen LogP contribution is -2.00. The zero-order chi connectivity index (χ0) is 37.9. The minimum absolute atomic E-state index is 0.406. The summed E-state index contributed by atoms with van der Waals surface area (Å²) in [6.45, 7) is 4.17. The average Bonchev–Trinajstić information content (AvgIpc) is 3.64. The van der Waals surface area contributed by atoms with E-state index in [2.05, 4.69) is 41.5 Å². The summed E-state index contributed by atoms with van der Waals surface area (Å²) in [6.07, 6.45) is 0. The van der Waals surface area contributed by atoms with Crippen LogP contribution in [0.2, 0.25) is 0 Å². The van der Waals surface area contributed by atoms with Gasteiger partial charge in [0, 0.05) is 211 Å². The van der Waals surface area contributed by atoms with Crippen LogP contribution in [-0.2, 0) is 205 Å². The zero-order valence-corrected chi connectivity index (χ0v) is 45.1. The molecular formula is C24H21N3O3S23. The monoisotopic (exact) mass is 1130 g/mol. The number of carbonyl (C=O) groups excluding carboxylic acids is 1. The number of nitrogens with zero attached hydrogens (tertiary/aromatic N) is 2. The predicted octanol–water partition coefficient (Wildman–Crippen LogP) is 6.09. The second-order valence-electron chi connectivity index (χ2n) is 8.35. The maximum absolute atomic E-state index is 11.7. The Morgan fingerprint density at radius 2 is 1.13 bits per heavy atom. The second-order valence-corrected chi connectivity index (χ2v) is 44.7. The third kappa shape index (κ3) is 21.6. The van der Waals surface area contributed by atoms with Gasteiger partial charge in [-0.05, 0) is 67.4 Å². The molecule has 0 aliphatic rings. The van der Waals surface area contributed by atoms with Gasteiger partial charge in [0.2, 0.25) is 5.13 Å². The lowest BCUT2D eigenvalue weighted by molar-refractivity contribution is 0.0600. The summed E-state index contributed by atoms with van der Waals surface area (Å²) in [5.74, 6) is 0.782. The fourth-order valence-electron chi connectivity index (χ4n) is 3.17. The molecule has 0 saturated carbocycles. The molecule has 1 N–H and O–H groups in total. The van der Waals surface area contributed by atoms with Gasteiger partial charge in [-0.3, -0.25) is 0 Å². The Labute approximate surface area is 377 Å². The van der Waals surface area contributed by atoms with Crippen LogP contribution in [0.3, 0.4) is 0 Å². The Bertz CT molecular complexity index is 2760. The van der Waals surface area contributed by atoms with Crippen molar-refractivity contribution in [2.75, 3.05) is 12.4 Å². The van der Waals surface area contributed by atoms with Crippen LogP contribution in [0.1, 0.15) is 21.5 Å². The molecule has 1 heterocycles. The zero-order valence-electron chi connectivity index (χ0n) is 26.4. The maximum Gasteiger partial charge on any atom is 0.337 e. The molecule has 4 aromatic rings. The van der Waals surface area contributed by atoms with E-state index in [9.17, 15) is 4.79 Å². The fourth-order valence-corrected chi connectivity index (χ4v) is 53.3. The van der Waals surface area contributed by atoms with Crippen LogP contribution in [0.4, 0.5) is 10.8 Å². The fraction of sp³-hybridized carbons (Fsp3) is 0.125. The molecule has 6 nitrogen and oxygen atoms in total. The molecule has 0 unspecified atom stereocenters. The third-order valence-electron chi connectivity index (χ3n) is 5.28. The van der Waals surface area contributed by atoms with Crippen LogP contribution in [0.5, 0.6) is 11.5 Å². The van der Waals surface area contributed by atoms with Gasteiger partial charge in [0.1, 0.15) is 16.5 Å². The summed E-state index contributed by atoms with van der Waals surface area (Å²) in [7, 11) is 35.8. The second kappa shape index (κ2) is 31.1. The van der Waals surface area contributed by atoms with Crippen molar-refractivity contribution >= 4 is 228 Å². The Hall–Kier alpha value is 1.13. The third-order valence-corrected chi connectivity index (χ3v) is 48.4. The first-order valence-electron chi connectivity index (χ1n) is 13.2. The highest BCUT2D eigenvalue weighted by molar-refractivity contribution is 8.78. The highest BCUT2D eigenvalue weighted by atomic mass is 33.5. The minimum atomic E-state index is -0.406. The van der Waals surface area contributed by atoms with E-state index in [1.54, 1.807) is 184 Å². The van der Waals surface area contributed by atoms with E-state index in [1.807, 2.05) is 30.3 Å². The summed E-state index contributed by atoms with van der Waals surface area (Å²) >= 11 is 11.0. The van der Waals surface area contributed by atoms with Crippen LogP contribution >= 0.6 is 11.3 Å². The number of hydrogen-bond donors (Lipinski definition) is 1. The van der Waals surface area contributed by atoms with Crippen LogP contribution in [0, 0.1) is 13.8 Å². The number of hydrogen-bond acceptors (Lipinski definition) is 9. The standard InChI is InChI=1S/C24H21N3O3S.S22/c1-15-10-11-19(12-16(15)2)25-24-27-26-22(31-24)17-6-4-8-20(13-17)30-21-9-5-7-18(14-21)23(28)29-3;1-3-5-7-9-11-13-15-17-19-21-22-20-18-16-14-12-10-8-6-4-2/h4-14H,1-3H3,(H,25,27);. The van der Waals surface area contributed by atoms with Crippen molar-refractivity contribution in [3.8, 4) is 22.1 Å². The molecule has 0 fully saturated rings. The first kappa shape index (κ1) is 48.5. The molecule has 0 atom stereocenters. The molecule has 4 rings (SSSR count). The van der Waals surface area contributed by atoms with Gasteiger partial charge in [-0.2, -0.15) is 0 Å². The molecular weight excluding hydrogens is 1120 g/mol. The number of aryl methyl sites for hydroxylation is 2. The molecule has 3 aromatic carbocycles. The first-order chi connectivity index (χ1) is 25.9. The number of carbonyl (C=O) groups is 1. The molecule has 0 bridgehead atoms. The number of nitrogens with one attached hydrogen (secondary N) is 1. The van der Waals surface area contributed by atoms with Gasteiger partial charge in [0.05, 0.1) is 12.7 Å². The highest BCUT2D eigenvalue weighted by Crippen LogP contribution is 2.32. The number of benzene rings is 3. The summed E-state index contributed by atoms with van der Waals surface area (Å²) in [5.41, 5.74) is 4.77. The van der Waals surface area contributed by atoms with Crippen molar-refractivity contribution < 1.29 is 14.3 Å². The molecule has 0 saturated heterocycles. The number of ether oxygens (including phenoxy) is 2. The van der Waals surface area contributed by atoms with E-state index in [-0.39, 0.29) is 0 Å². The number of aromatic nitrogens is 2. The highest BCUT2D eigenvalue weighted by Gasteiger charge is 2.10. The van der Waals surface area contributed by atoms with E-state index < -0.39 is 5.97 Å². The van der Waals surface area contributed by atoms with Crippen molar-refractivity contribution in [1.29, 1.82) is 0 Å². The molecule has 53 heavy (non-hydrogen) atoms. The quantitative estimate of drug-likeness (QED) is 0.233. The normalized spacial score (nSPS) is 9.26. The molecule has 0 amide bonds. The molecule has 0 spiro atoms. The number of anilines is 2. The number of methoxy groups -OCH3 is 1. The first-order valence-corrected chi connectivity index (χ1v) is 42.0. The van der Waals surface area contributed by atoms with Gasteiger partial charge in [-0.1, -0.05) is 35.6 Å². The SMILES string of the molecule is COC(=O)c1cccc(Oc2cccc(-c3nnc(Nc4ccc(C)c(C)c4)s3)c2)c1.S=S=S=S=S=S=S=S=S=S=S=S=S=S=S=S=S=S=S=S=S=S. The minimum Gasteiger partial charge on any atom is -0.465 e. The Morgan fingerprint density at radius 1 is 0.623 bits per heavy atom. The van der Waals surface area contributed by atoms with Gasteiger partial charge in [0.25, 0.3) is 0 Å². The van der Waals surface area contributed by atoms with Crippen LogP contribution < -0.4 is 10.1 Å². The largest absolute Gasteiger partial charge is 0.465 e. The van der Waals surface area contributed by atoms with Crippen molar-refractivity contribution in [3.05, 3.63) is 83.4 Å². The average molecular weight is 1140 g/mol. The van der Waals surface area contributed by atoms with E-state index in [4.69, 9.17) is 31.8 Å². The van der Waals surface area contributed by atoms with Crippen molar-refractivity contribution in [2.24, 2.45) is 0 Å². The van der Waals surface area contributed by atoms with Gasteiger partial charge in [-0.15, -0.1) is 10.2 Å². The van der Waals surface area contributed by atoms with Gasteiger partial charge in [0.15, 0.2) is 0 Å². The van der Waals surface area contributed by atoms with Gasteiger partial charge in [-0.25, -0.2) is 4.79 Å². The molecule has 0 aliphatic heterocycles. The Kier molecular flexibility index (Phi) is 28.5. The summed E-state index contributed by atoms with van der Waals surface area (Å²) in [4.78, 5) is 11.7. The van der Waals surface area contributed by atoms with E-state index in [0.717, 1.165) is 21.4 Å². The van der Waals surface area contributed by atoms with Crippen molar-refractivity contribution in [2.45, 2.75) is 13.8 Å². The molecule has 0 radical (unpaired) electrons. The Balaban J connectivity index is 0.000000306. The summed E-state index contributed by atoms with van der Waals surface area (Å²) in [6, 6.07) is 20.7. The van der Waals surface area contributed by atoms with E-state index >= 15 is 0 Å². The molecule has 1 aromatic heterocycles. The molecule has 0 aliphatic carbocycles. The van der Waals surface area contributed by atoms with Gasteiger partial charge < -0.3 is 14.8 Å². The maximum atomic E-state index is 11.7. The molecule has 288 valence electrons. The van der Waals surface area contributed by atoms with E-state index in [0.29, 0.717) is 17.1 Å². The Morgan fingerprint density at radius 3 is 1.64 bits per heavy atom. The predicted molar refractivity (Wildman–Crippen MR) is 284 cm³/mol. The van der Waals surface area contributed by atoms with Crippen LogP contribution in [-0.4, -0.2) is 23.3 Å². The van der Waals surface area contributed by atoms with Crippen molar-refractivity contribution in [3.63, 3.8) is 0 Å².